The van der Waals surface area contributed by atoms with E-state index in [4.69, 9.17) is 4.74 Å². The summed E-state index contributed by atoms with van der Waals surface area (Å²) in [5.74, 6) is -1.12. The molecule has 5 heteroatoms. The Morgan fingerprint density at radius 2 is 1.44 bits per heavy atom. The van der Waals surface area contributed by atoms with Gasteiger partial charge in [0.05, 0.1) is 0 Å². The lowest BCUT2D eigenvalue weighted by atomic mass is 9.98. The summed E-state index contributed by atoms with van der Waals surface area (Å²) in [7, 11) is 1.48. The molecule has 0 saturated heterocycles. The molecule has 0 spiro atoms. The van der Waals surface area contributed by atoms with Crippen molar-refractivity contribution in [2.24, 2.45) is 0 Å². The van der Waals surface area contributed by atoms with E-state index >= 15 is 0 Å². The number of benzene rings is 3. The Kier molecular flexibility index (Phi) is 6.26. The highest BCUT2D eigenvalue weighted by Crippen LogP contribution is 2.44. The van der Waals surface area contributed by atoms with E-state index in [1.807, 2.05) is 48.5 Å². The van der Waals surface area contributed by atoms with Crippen LogP contribution in [-0.2, 0) is 22.4 Å². The van der Waals surface area contributed by atoms with Crippen LogP contribution in [0.2, 0.25) is 0 Å². The fraction of sp³-hybridized carbons (Fsp3) is 0.259. The van der Waals surface area contributed by atoms with E-state index in [0.717, 1.165) is 34.2 Å². The van der Waals surface area contributed by atoms with Crippen LogP contribution in [0.25, 0.3) is 11.1 Å². The molecule has 0 heterocycles. The van der Waals surface area contributed by atoms with Crippen LogP contribution in [0.1, 0.15) is 35.1 Å². The first-order valence-corrected chi connectivity index (χ1v) is 10.9. The predicted octanol–water partition coefficient (Wildman–Crippen LogP) is 5.13. The third kappa shape index (κ3) is 4.24. The maximum absolute atomic E-state index is 12.8. The number of carboxylic acid groups (broad SMARTS) is 1. The van der Waals surface area contributed by atoms with Gasteiger partial charge in [-0.15, -0.1) is 0 Å². The molecule has 1 N–H and O–H groups in total. The van der Waals surface area contributed by atoms with E-state index in [2.05, 4.69) is 31.2 Å². The summed E-state index contributed by atoms with van der Waals surface area (Å²) in [6.45, 7) is 2.23. The van der Waals surface area contributed by atoms with E-state index in [1.165, 1.54) is 17.5 Å². The highest BCUT2D eigenvalue weighted by atomic mass is 16.6. The first kappa shape index (κ1) is 21.6. The van der Waals surface area contributed by atoms with Crippen molar-refractivity contribution in [1.29, 1.82) is 0 Å². The molecule has 32 heavy (non-hydrogen) atoms. The van der Waals surface area contributed by atoms with Gasteiger partial charge in [-0.2, -0.15) is 0 Å². The van der Waals surface area contributed by atoms with Crippen molar-refractivity contribution in [2.75, 3.05) is 13.7 Å². The quantitative estimate of drug-likeness (QED) is 0.566. The summed E-state index contributed by atoms with van der Waals surface area (Å²) < 4.78 is 5.63. The summed E-state index contributed by atoms with van der Waals surface area (Å²) in [5, 5.41) is 9.75. The first-order chi connectivity index (χ1) is 15.5. The Morgan fingerprint density at radius 1 is 0.906 bits per heavy atom. The average molecular weight is 430 g/mol. The molecule has 4 rings (SSSR count). The largest absolute Gasteiger partial charge is 0.480 e. The van der Waals surface area contributed by atoms with Gasteiger partial charge in [0.25, 0.3) is 0 Å². The molecular formula is C27H27NO4. The maximum atomic E-state index is 12.8. The average Bonchev–Trinajstić information content (AvgIpc) is 3.14. The van der Waals surface area contributed by atoms with Crippen molar-refractivity contribution < 1.29 is 19.4 Å². The zero-order chi connectivity index (χ0) is 22.7. The second-order valence-corrected chi connectivity index (χ2v) is 8.14. The summed E-state index contributed by atoms with van der Waals surface area (Å²) in [5.41, 5.74) is 6.59. The third-order valence-corrected chi connectivity index (χ3v) is 6.24. The summed E-state index contributed by atoms with van der Waals surface area (Å²) in [4.78, 5) is 25.9. The van der Waals surface area contributed by atoms with E-state index in [0.29, 0.717) is 0 Å². The smallest absolute Gasteiger partial charge is 0.410 e. The molecule has 5 nitrogen and oxygen atoms in total. The SMILES string of the molecule is CCc1ccc(C[C@@H](C(=O)O)N(C)C(=O)OCC2c3ccccc3-c3ccccc32)cc1. The van der Waals surface area contributed by atoms with Gasteiger partial charge in [0.2, 0.25) is 0 Å². The van der Waals surface area contributed by atoms with E-state index in [9.17, 15) is 14.7 Å². The summed E-state index contributed by atoms with van der Waals surface area (Å²) in [6, 6.07) is 23.0. The number of carbonyl (C=O) groups excluding carboxylic acids is 1. The number of rotatable bonds is 7. The molecule has 0 radical (unpaired) electrons. The van der Waals surface area contributed by atoms with Crippen LogP contribution in [0.5, 0.6) is 0 Å². The number of ether oxygens (including phenoxy) is 1. The first-order valence-electron chi connectivity index (χ1n) is 10.9. The Hall–Kier alpha value is -3.60. The lowest BCUT2D eigenvalue weighted by molar-refractivity contribution is -0.142. The number of carbonyl (C=O) groups is 2. The molecule has 0 unspecified atom stereocenters. The van der Waals surface area contributed by atoms with Crippen LogP contribution in [0.4, 0.5) is 4.79 Å². The Balaban J connectivity index is 1.46. The fourth-order valence-corrected chi connectivity index (χ4v) is 4.35. The van der Waals surface area contributed by atoms with Gasteiger partial charge in [-0.3, -0.25) is 4.90 Å². The van der Waals surface area contributed by atoms with E-state index in [-0.39, 0.29) is 18.9 Å². The van der Waals surface area contributed by atoms with Gasteiger partial charge in [0.15, 0.2) is 0 Å². The van der Waals surface area contributed by atoms with Crippen LogP contribution >= 0.6 is 0 Å². The Morgan fingerprint density at radius 3 is 1.97 bits per heavy atom. The number of likely N-dealkylation sites (N-methyl/N-ethyl adjacent to an activating group) is 1. The molecule has 0 saturated carbocycles. The molecule has 0 bridgehead atoms. The van der Waals surface area contributed by atoms with Gasteiger partial charge in [-0.05, 0) is 39.8 Å². The number of amides is 1. The number of carboxylic acids is 1. The maximum Gasteiger partial charge on any atom is 0.410 e. The van der Waals surface area contributed by atoms with Crippen LogP contribution < -0.4 is 0 Å². The van der Waals surface area contributed by atoms with Crippen LogP contribution in [-0.4, -0.2) is 41.8 Å². The van der Waals surface area contributed by atoms with Crippen LogP contribution in [0.15, 0.2) is 72.8 Å². The molecular weight excluding hydrogens is 402 g/mol. The number of nitrogens with zero attached hydrogens (tertiary/aromatic N) is 1. The molecule has 3 aromatic carbocycles. The van der Waals surface area contributed by atoms with Crippen molar-refractivity contribution in [3.8, 4) is 11.1 Å². The molecule has 1 aliphatic carbocycles. The fourth-order valence-electron chi connectivity index (χ4n) is 4.35. The standard InChI is InChI=1S/C27H27NO4/c1-3-18-12-14-19(15-13-18)16-25(26(29)30)28(2)27(31)32-17-24-22-10-6-4-8-20(22)21-9-5-7-11-23(21)24/h4-15,24-25H,3,16-17H2,1-2H3,(H,29,30)/t25-/m0/s1. The van der Waals surface area contributed by atoms with Gasteiger partial charge in [-0.25, -0.2) is 9.59 Å². The predicted molar refractivity (Wildman–Crippen MR) is 124 cm³/mol. The molecule has 0 aliphatic heterocycles. The van der Waals surface area contributed by atoms with E-state index < -0.39 is 18.1 Å². The van der Waals surface area contributed by atoms with Crippen molar-refractivity contribution in [3.05, 3.63) is 95.1 Å². The minimum absolute atomic E-state index is 0.0652. The highest BCUT2D eigenvalue weighted by Gasteiger charge is 2.32. The molecule has 1 aliphatic rings. The minimum atomic E-state index is -1.06. The lowest BCUT2D eigenvalue weighted by Crippen LogP contribution is -2.44. The number of hydrogen-bond donors (Lipinski definition) is 1. The van der Waals surface area contributed by atoms with Crippen molar-refractivity contribution in [1.82, 2.24) is 4.90 Å². The normalized spacial score (nSPS) is 13.2. The van der Waals surface area contributed by atoms with Crippen LogP contribution in [0.3, 0.4) is 0 Å². The molecule has 164 valence electrons. The van der Waals surface area contributed by atoms with Gasteiger partial charge < -0.3 is 9.84 Å². The monoisotopic (exact) mass is 429 g/mol. The number of fused-ring (bicyclic) bond motifs is 3. The molecule has 0 aromatic heterocycles. The third-order valence-electron chi connectivity index (χ3n) is 6.24. The summed E-state index contributed by atoms with van der Waals surface area (Å²) in [6.07, 6.45) is 0.506. The minimum Gasteiger partial charge on any atom is -0.480 e. The zero-order valence-corrected chi connectivity index (χ0v) is 18.3. The zero-order valence-electron chi connectivity index (χ0n) is 18.3. The van der Waals surface area contributed by atoms with Crippen LogP contribution in [0, 0.1) is 0 Å². The molecule has 3 aromatic rings. The molecule has 1 amide bonds. The number of aryl methyl sites for hydroxylation is 1. The second-order valence-electron chi connectivity index (χ2n) is 8.14. The summed E-state index contributed by atoms with van der Waals surface area (Å²) >= 11 is 0. The van der Waals surface area contributed by atoms with Crippen molar-refractivity contribution in [3.63, 3.8) is 0 Å². The van der Waals surface area contributed by atoms with Gasteiger partial charge in [0, 0.05) is 19.4 Å². The van der Waals surface area contributed by atoms with E-state index in [1.54, 1.807) is 0 Å². The van der Waals surface area contributed by atoms with Crippen molar-refractivity contribution >= 4 is 12.1 Å². The Bertz CT molecular complexity index is 1080. The lowest BCUT2D eigenvalue weighted by Gasteiger charge is -2.25. The van der Waals surface area contributed by atoms with Gasteiger partial charge in [-0.1, -0.05) is 79.7 Å². The van der Waals surface area contributed by atoms with Gasteiger partial charge in [0.1, 0.15) is 12.6 Å². The topological polar surface area (TPSA) is 66.8 Å². The molecule has 1 atom stereocenters. The number of hydrogen-bond acceptors (Lipinski definition) is 3. The second kappa shape index (κ2) is 9.27. The Labute approximate surface area is 188 Å². The van der Waals surface area contributed by atoms with Gasteiger partial charge >= 0.3 is 12.1 Å². The highest BCUT2D eigenvalue weighted by molar-refractivity contribution is 5.81. The molecule has 0 fully saturated rings. The van der Waals surface area contributed by atoms with Crippen molar-refractivity contribution in [2.45, 2.75) is 31.7 Å². The number of aliphatic carboxylic acids is 1.